The first-order valence-corrected chi connectivity index (χ1v) is 12.2. The van der Waals surface area contributed by atoms with Crippen molar-refractivity contribution in [3.8, 4) is 0 Å². The molecule has 9 heteroatoms. The zero-order valence-corrected chi connectivity index (χ0v) is 18.3. The normalized spacial score (nSPS) is 25.2. The van der Waals surface area contributed by atoms with Crippen molar-refractivity contribution in [2.24, 2.45) is 11.7 Å². The second-order valence-electron chi connectivity index (χ2n) is 8.68. The van der Waals surface area contributed by atoms with Crippen molar-refractivity contribution in [2.45, 2.75) is 56.4 Å². The summed E-state index contributed by atoms with van der Waals surface area (Å²) in [6.07, 6.45) is 4.49. The molecular formula is C22H28N4O4S. The fourth-order valence-corrected chi connectivity index (χ4v) is 6.33. The molecule has 0 aliphatic heterocycles. The van der Waals surface area contributed by atoms with Crippen LogP contribution in [-0.2, 0) is 32.5 Å². The van der Waals surface area contributed by atoms with Crippen molar-refractivity contribution in [3.63, 3.8) is 0 Å². The molecule has 2 aromatic rings. The van der Waals surface area contributed by atoms with Crippen LogP contribution in [0.5, 0.6) is 0 Å². The van der Waals surface area contributed by atoms with Gasteiger partial charge in [0.15, 0.2) is 0 Å². The number of anilines is 1. The third kappa shape index (κ3) is 3.99. The van der Waals surface area contributed by atoms with Crippen LogP contribution in [0.4, 0.5) is 5.69 Å². The largest absolute Gasteiger partial charge is 0.348 e. The fraction of sp³-hybridized carbons (Fsp3) is 0.455. The summed E-state index contributed by atoms with van der Waals surface area (Å²) in [5, 5.41) is 2.96. The third-order valence-electron chi connectivity index (χ3n) is 6.68. The van der Waals surface area contributed by atoms with E-state index in [1.165, 1.54) is 0 Å². The van der Waals surface area contributed by atoms with E-state index in [1.807, 2.05) is 6.07 Å². The minimum atomic E-state index is -3.84. The van der Waals surface area contributed by atoms with Gasteiger partial charge in [0.25, 0.3) is 5.56 Å². The average molecular weight is 445 g/mol. The summed E-state index contributed by atoms with van der Waals surface area (Å²) in [5.41, 5.74) is 7.60. The summed E-state index contributed by atoms with van der Waals surface area (Å²) < 4.78 is 28.4. The van der Waals surface area contributed by atoms with Gasteiger partial charge in [-0.05, 0) is 49.7 Å². The van der Waals surface area contributed by atoms with Crippen LogP contribution < -0.4 is 21.3 Å². The molecule has 2 aliphatic carbocycles. The number of benzene rings is 1. The first kappa shape index (κ1) is 21.6. The van der Waals surface area contributed by atoms with Crippen LogP contribution in [0.25, 0.3) is 0 Å². The second-order valence-corrected chi connectivity index (χ2v) is 10.4. The minimum absolute atomic E-state index is 0.00648. The predicted molar refractivity (Wildman–Crippen MR) is 119 cm³/mol. The van der Waals surface area contributed by atoms with Crippen molar-refractivity contribution in [1.29, 1.82) is 0 Å². The number of aromatic amines is 1. The number of aromatic nitrogens is 1. The second kappa shape index (κ2) is 8.12. The van der Waals surface area contributed by atoms with Gasteiger partial charge in [0.05, 0.1) is 11.3 Å². The van der Waals surface area contributed by atoms with Crippen molar-refractivity contribution in [1.82, 2.24) is 10.3 Å². The number of nitrogens with one attached hydrogen (secondary N) is 3. The number of nitrogens with two attached hydrogens (primary N) is 1. The zero-order chi connectivity index (χ0) is 22.2. The van der Waals surface area contributed by atoms with Gasteiger partial charge < -0.3 is 16.0 Å². The van der Waals surface area contributed by atoms with Crippen LogP contribution in [-0.4, -0.2) is 25.9 Å². The van der Waals surface area contributed by atoms with Crippen LogP contribution in [0.15, 0.2) is 35.1 Å². The highest BCUT2D eigenvalue weighted by atomic mass is 32.2. The summed E-state index contributed by atoms with van der Waals surface area (Å²) in [6.45, 7) is 1.80. The Labute approximate surface area is 181 Å². The monoisotopic (exact) mass is 444 g/mol. The number of pyridine rings is 1. The Morgan fingerprint density at radius 2 is 1.87 bits per heavy atom. The Morgan fingerprint density at radius 3 is 2.52 bits per heavy atom. The van der Waals surface area contributed by atoms with E-state index in [4.69, 9.17) is 5.73 Å². The lowest BCUT2D eigenvalue weighted by atomic mass is 9.59. The third-order valence-corrected chi connectivity index (χ3v) is 7.91. The van der Waals surface area contributed by atoms with E-state index >= 15 is 0 Å². The highest BCUT2D eigenvalue weighted by Crippen LogP contribution is 2.51. The van der Waals surface area contributed by atoms with Gasteiger partial charge in [0.2, 0.25) is 16.4 Å². The topological polar surface area (TPSA) is 134 Å². The smallest absolute Gasteiger partial charge is 0.272 e. The number of amides is 1. The molecule has 1 saturated carbocycles. The van der Waals surface area contributed by atoms with Gasteiger partial charge in [0, 0.05) is 23.7 Å². The first-order chi connectivity index (χ1) is 14.8. The Morgan fingerprint density at radius 1 is 1.19 bits per heavy atom. The summed E-state index contributed by atoms with van der Waals surface area (Å²) in [7, 11) is -3.84. The van der Waals surface area contributed by atoms with Crippen LogP contribution in [0.3, 0.4) is 0 Å². The van der Waals surface area contributed by atoms with Gasteiger partial charge in [-0.1, -0.05) is 30.3 Å². The number of rotatable bonds is 7. The van der Waals surface area contributed by atoms with Crippen molar-refractivity contribution in [2.75, 3.05) is 4.72 Å². The molecule has 1 unspecified atom stereocenters. The SMILES string of the molecule is Cc1[nH]c(=O)c(NS(=O)(=O)Cc2ccccc2)c2c1CC2(NC=O)[C@H]1CC[C@H](N)CC1. The number of hydrogen-bond acceptors (Lipinski definition) is 5. The molecule has 1 amide bonds. The summed E-state index contributed by atoms with van der Waals surface area (Å²) in [6, 6.07) is 8.92. The molecule has 31 heavy (non-hydrogen) atoms. The van der Waals surface area contributed by atoms with Gasteiger partial charge in [0.1, 0.15) is 5.69 Å². The fourth-order valence-electron chi connectivity index (χ4n) is 5.12. The first-order valence-electron chi connectivity index (χ1n) is 10.5. The van der Waals surface area contributed by atoms with Gasteiger partial charge in [-0.2, -0.15) is 0 Å². The minimum Gasteiger partial charge on any atom is -0.348 e. The quantitative estimate of drug-likeness (QED) is 0.482. The Balaban J connectivity index is 1.74. The standard InChI is InChI=1S/C22H28N4O4S/c1-14-18-11-22(24-13-27,16-7-9-17(23)10-8-16)19(18)20(21(28)25-14)26-31(29,30)12-15-5-3-2-4-6-15/h2-6,13,16-17,26H,7-12,23H2,1H3,(H,24,27)(H,25,28)/t16-,17-,22?. The number of aryl methyl sites for hydroxylation is 1. The molecule has 0 bridgehead atoms. The number of fused-ring (bicyclic) bond motifs is 1. The van der Waals surface area contributed by atoms with Crippen LogP contribution >= 0.6 is 0 Å². The lowest BCUT2D eigenvalue weighted by molar-refractivity contribution is -0.112. The van der Waals surface area contributed by atoms with E-state index in [9.17, 15) is 18.0 Å². The molecule has 1 heterocycles. The number of hydrogen-bond donors (Lipinski definition) is 4. The van der Waals surface area contributed by atoms with Crippen LogP contribution in [0, 0.1) is 12.8 Å². The molecule has 2 aliphatic rings. The maximum Gasteiger partial charge on any atom is 0.272 e. The van der Waals surface area contributed by atoms with E-state index in [1.54, 1.807) is 31.2 Å². The van der Waals surface area contributed by atoms with Gasteiger partial charge in [-0.15, -0.1) is 0 Å². The van der Waals surface area contributed by atoms with E-state index in [-0.39, 0.29) is 23.4 Å². The average Bonchev–Trinajstić information content (AvgIpc) is 2.70. The number of carbonyl (C=O) groups is 1. The summed E-state index contributed by atoms with van der Waals surface area (Å²) in [4.78, 5) is 27.2. The maximum absolute atomic E-state index is 12.9. The molecule has 5 N–H and O–H groups in total. The lowest BCUT2D eigenvalue weighted by Gasteiger charge is -2.51. The molecule has 8 nitrogen and oxygen atoms in total. The molecule has 0 radical (unpaired) electrons. The molecular weight excluding hydrogens is 416 g/mol. The highest BCUT2D eigenvalue weighted by Gasteiger charge is 2.52. The molecule has 4 rings (SSSR count). The predicted octanol–water partition coefficient (Wildman–Crippen LogP) is 1.64. The molecule has 1 aromatic carbocycles. The van der Waals surface area contributed by atoms with Crippen LogP contribution in [0.2, 0.25) is 0 Å². The molecule has 166 valence electrons. The lowest BCUT2D eigenvalue weighted by Crippen LogP contribution is -2.58. The highest BCUT2D eigenvalue weighted by molar-refractivity contribution is 7.91. The van der Waals surface area contributed by atoms with Gasteiger partial charge in [-0.25, -0.2) is 8.42 Å². The Kier molecular flexibility index (Phi) is 5.65. The Bertz CT molecular complexity index is 1140. The molecule has 1 atom stereocenters. The van der Waals surface area contributed by atoms with Crippen molar-refractivity contribution in [3.05, 3.63) is 63.1 Å². The summed E-state index contributed by atoms with van der Waals surface area (Å²) in [5.74, 6) is -0.161. The number of H-pyrrole nitrogens is 1. The molecule has 0 saturated heterocycles. The van der Waals surface area contributed by atoms with E-state index in [2.05, 4.69) is 15.0 Å². The summed E-state index contributed by atoms with van der Waals surface area (Å²) >= 11 is 0. The maximum atomic E-state index is 12.9. The number of carbonyl (C=O) groups excluding carboxylic acids is 1. The molecule has 1 fully saturated rings. The Hall–Kier alpha value is -2.65. The van der Waals surface area contributed by atoms with Crippen molar-refractivity contribution < 1.29 is 13.2 Å². The van der Waals surface area contributed by atoms with E-state index in [0.717, 1.165) is 31.2 Å². The molecule has 1 aromatic heterocycles. The van der Waals surface area contributed by atoms with Crippen molar-refractivity contribution >= 4 is 22.1 Å². The van der Waals surface area contributed by atoms with Crippen LogP contribution in [0.1, 0.15) is 48.1 Å². The number of sulfonamides is 1. The van der Waals surface area contributed by atoms with Gasteiger partial charge >= 0.3 is 0 Å². The van der Waals surface area contributed by atoms with E-state index in [0.29, 0.717) is 29.7 Å². The van der Waals surface area contributed by atoms with E-state index < -0.39 is 21.1 Å². The zero-order valence-electron chi connectivity index (χ0n) is 17.5. The molecule has 0 spiro atoms. The van der Waals surface area contributed by atoms with Gasteiger partial charge in [-0.3, -0.25) is 14.3 Å².